The van der Waals surface area contributed by atoms with E-state index in [1.54, 1.807) is 6.92 Å². The molecule has 1 aliphatic carbocycles. The molecule has 0 radical (unpaired) electrons. The van der Waals surface area contributed by atoms with Crippen molar-refractivity contribution < 1.29 is 14.3 Å². The Bertz CT molecular complexity index is 1010. The van der Waals surface area contributed by atoms with Gasteiger partial charge in [-0.2, -0.15) is 0 Å². The molecule has 1 heterocycles. The predicted octanol–water partition coefficient (Wildman–Crippen LogP) is 5.16. The third-order valence-corrected chi connectivity index (χ3v) is 8.44. The maximum atomic E-state index is 11.9. The molecule has 0 bridgehead atoms. The number of amides is 2. The van der Waals surface area contributed by atoms with Crippen LogP contribution in [0, 0.1) is 5.92 Å². The fourth-order valence-corrected chi connectivity index (χ4v) is 6.39. The van der Waals surface area contributed by atoms with Crippen LogP contribution in [0.2, 0.25) is 0 Å². The molecule has 2 aromatic rings. The number of hydrogen-bond acceptors (Lipinski definition) is 4. The number of likely N-dealkylation sites (tertiary alicyclic amines) is 1. The second kappa shape index (κ2) is 14.3. The first-order chi connectivity index (χ1) is 18.5. The monoisotopic (exact) mass is 519 g/mol. The van der Waals surface area contributed by atoms with Gasteiger partial charge in [-0.3, -0.25) is 14.5 Å². The zero-order valence-electron chi connectivity index (χ0n) is 23.0. The van der Waals surface area contributed by atoms with Gasteiger partial charge < -0.3 is 15.4 Å². The zero-order valence-corrected chi connectivity index (χ0v) is 23.0. The van der Waals surface area contributed by atoms with Crippen molar-refractivity contribution in [3.8, 4) is 5.75 Å². The van der Waals surface area contributed by atoms with Gasteiger partial charge in [0.15, 0.2) is 0 Å². The molecule has 6 heteroatoms. The fourth-order valence-electron chi connectivity index (χ4n) is 6.39. The molecule has 2 fully saturated rings. The Morgan fingerprint density at radius 3 is 2.42 bits per heavy atom. The Kier molecular flexibility index (Phi) is 10.6. The predicted molar refractivity (Wildman–Crippen MR) is 152 cm³/mol. The van der Waals surface area contributed by atoms with Crippen LogP contribution >= 0.6 is 0 Å². The lowest BCUT2D eigenvalue weighted by Gasteiger charge is -2.42. The summed E-state index contributed by atoms with van der Waals surface area (Å²) in [6.45, 7) is 6.04. The third kappa shape index (κ3) is 8.32. The van der Waals surface area contributed by atoms with Crippen LogP contribution in [0.15, 0.2) is 54.6 Å². The van der Waals surface area contributed by atoms with Crippen molar-refractivity contribution >= 4 is 11.8 Å². The number of carbonyl (C=O) groups is 2. The first-order valence-electron chi connectivity index (χ1n) is 14.5. The molecular formula is C32H45N3O3. The van der Waals surface area contributed by atoms with Crippen LogP contribution in [0.5, 0.6) is 5.75 Å². The topological polar surface area (TPSA) is 75.9 Å². The lowest BCUT2D eigenvalue weighted by atomic mass is 9.76. The summed E-state index contributed by atoms with van der Waals surface area (Å²) in [5.74, 6) is 1.91. The van der Waals surface area contributed by atoms with Crippen molar-refractivity contribution in [2.45, 2.75) is 76.7 Å². The highest BCUT2D eigenvalue weighted by Crippen LogP contribution is 2.37. The lowest BCUT2D eigenvalue weighted by molar-refractivity contribution is -0.130. The Morgan fingerprint density at radius 2 is 1.74 bits per heavy atom. The average Bonchev–Trinajstić information content (AvgIpc) is 2.93. The van der Waals surface area contributed by atoms with E-state index in [1.807, 2.05) is 29.2 Å². The molecule has 2 amide bonds. The van der Waals surface area contributed by atoms with Crippen molar-refractivity contribution in [3.63, 3.8) is 0 Å². The standard InChI is InChI=1S/C32H45N3O3/c1-25(36)34-19-16-29(17-20-34)35(18-9-21-38-30-15-8-10-26(22-30)23-32(33)37)24-31(27-11-4-2-5-12-27)28-13-6-3-7-14-28/h2,4-5,8,10-12,15,22,28-29,31H,3,6-7,9,13-14,16-21,23-24H2,1H3,(H2,33,37). The Morgan fingerprint density at radius 1 is 1.00 bits per heavy atom. The van der Waals surface area contributed by atoms with Crippen molar-refractivity contribution in [1.29, 1.82) is 0 Å². The zero-order chi connectivity index (χ0) is 26.7. The average molecular weight is 520 g/mol. The van der Waals surface area contributed by atoms with Crippen LogP contribution in [0.3, 0.4) is 0 Å². The number of ether oxygens (including phenoxy) is 1. The number of benzene rings is 2. The summed E-state index contributed by atoms with van der Waals surface area (Å²) >= 11 is 0. The fraction of sp³-hybridized carbons (Fsp3) is 0.562. The SMILES string of the molecule is CC(=O)N1CCC(N(CCCOc2cccc(CC(N)=O)c2)CC(c2ccccc2)C2CCCCC2)CC1. The summed E-state index contributed by atoms with van der Waals surface area (Å²) < 4.78 is 6.09. The van der Waals surface area contributed by atoms with Gasteiger partial charge in [0, 0.05) is 39.1 Å². The molecule has 1 saturated carbocycles. The smallest absolute Gasteiger partial charge is 0.221 e. The van der Waals surface area contributed by atoms with E-state index in [-0.39, 0.29) is 18.2 Å². The molecule has 1 atom stereocenters. The summed E-state index contributed by atoms with van der Waals surface area (Å²) in [6.07, 6.45) is 9.90. The molecule has 1 unspecified atom stereocenters. The van der Waals surface area contributed by atoms with Crippen LogP contribution in [-0.4, -0.2) is 60.4 Å². The van der Waals surface area contributed by atoms with E-state index in [2.05, 4.69) is 35.2 Å². The van der Waals surface area contributed by atoms with Crippen LogP contribution in [0.1, 0.15) is 75.3 Å². The maximum Gasteiger partial charge on any atom is 0.221 e. The minimum Gasteiger partial charge on any atom is -0.494 e. The number of piperidine rings is 1. The minimum absolute atomic E-state index is 0.186. The summed E-state index contributed by atoms with van der Waals surface area (Å²) in [7, 11) is 0. The summed E-state index contributed by atoms with van der Waals surface area (Å²) in [5.41, 5.74) is 7.70. The van der Waals surface area contributed by atoms with E-state index in [1.165, 1.54) is 37.7 Å². The quantitative estimate of drug-likeness (QED) is 0.393. The van der Waals surface area contributed by atoms with Crippen molar-refractivity contribution in [3.05, 3.63) is 65.7 Å². The first kappa shape index (κ1) is 28.2. The van der Waals surface area contributed by atoms with Crippen molar-refractivity contribution in [1.82, 2.24) is 9.80 Å². The number of nitrogens with zero attached hydrogens (tertiary/aromatic N) is 2. The number of rotatable bonds is 12. The molecule has 6 nitrogen and oxygen atoms in total. The van der Waals surface area contributed by atoms with Gasteiger partial charge in [0.05, 0.1) is 13.0 Å². The molecular weight excluding hydrogens is 474 g/mol. The molecule has 206 valence electrons. The highest BCUT2D eigenvalue weighted by atomic mass is 16.5. The molecule has 0 spiro atoms. The molecule has 1 aliphatic heterocycles. The normalized spacial score (nSPS) is 17.9. The molecule has 2 aliphatic rings. The number of carbonyl (C=O) groups excluding carboxylic acids is 2. The second-order valence-electron chi connectivity index (χ2n) is 11.1. The minimum atomic E-state index is -0.334. The van der Waals surface area contributed by atoms with Crippen LogP contribution in [0.4, 0.5) is 0 Å². The molecule has 1 saturated heterocycles. The van der Waals surface area contributed by atoms with Gasteiger partial charge in [-0.25, -0.2) is 0 Å². The molecule has 2 aromatic carbocycles. The van der Waals surface area contributed by atoms with E-state index >= 15 is 0 Å². The highest BCUT2D eigenvalue weighted by molar-refractivity contribution is 5.76. The Labute approximate surface area is 228 Å². The van der Waals surface area contributed by atoms with Crippen molar-refractivity contribution in [2.75, 3.05) is 32.8 Å². The highest BCUT2D eigenvalue weighted by Gasteiger charge is 2.31. The molecule has 2 N–H and O–H groups in total. The van der Waals surface area contributed by atoms with E-state index in [0.29, 0.717) is 18.6 Å². The number of hydrogen-bond donors (Lipinski definition) is 1. The van der Waals surface area contributed by atoms with E-state index in [0.717, 1.165) is 62.7 Å². The summed E-state index contributed by atoms with van der Waals surface area (Å²) in [4.78, 5) is 27.9. The van der Waals surface area contributed by atoms with Gasteiger partial charge in [-0.1, -0.05) is 61.7 Å². The van der Waals surface area contributed by atoms with Crippen LogP contribution < -0.4 is 10.5 Å². The van der Waals surface area contributed by atoms with Gasteiger partial charge in [-0.15, -0.1) is 0 Å². The summed E-state index contributed by atoms with van der Waals surface area (Å²) in [6, 6.07) is 19.3. The Balaban J connectivity index is 1.42. The van der Waals surface area contributed by atoms with Crippen molar-refractivity contribution in [2.24, 2.45) is 11.7 Å². The molecule has 38 heavy (non-hydrogen) atoms. The van der Waals surface area contributed by atoms with Gasteiger partial charge in [-0.05, 0) is 67.2 Å². The molecule has 4 rings (SSSR count). The van der Waals surface area contributed by atoms with Gasteiger partial charge in [0.25, 0.3) is 0 Å². The molecule has 0 aromatic heterocycles. The van der Waals surface area contributed by atoms with E-state index in [4.69, 9.17) is 10.5 Å². The maximum absolute atomic E-state index is 11.9. The van der Waals surface area contributed by atoms with Gasteiger partial charge in [0.2, 0.25) is 11.8 Å². The first-order valence-corrected chi connectivity index (χ1v) is 14.5. The third-order valence-electron chi connectivity index (χ3n) is 8.44. The summed E-state index contributed by atoms with van der Waals surface area (Å²) in [5, 5.41) is 0. The van der Waals surface area contributed by atoms with E-state index in [9.17, 15) is 9.59 Å². The van der Waals surface area contributed by atoms with Crippen LogP contribution in [-0.2, 0) is 16.0 Å². The number of primary amides is 1. The van der Waals surface area contributed by atoms with E-state index < -0.39 is 0 Å². The van der Waals surface area contributed by atoms with Crippen LogP contribution in [0.25, 0.3) is 0 Å². The number of nitrogens with two attached hydrogens (primary N) is 1. The lowest BCUT2D eigenvalue weighted by Crippen LogP contribution is -2.48. The van der Waals surface area contributed by atoms with Gasteiger partial charge in [0.1, 0.15) is 5.75 Å². The van der Waals surface area contributed by atoms with Gasteiger partial charge >= 0.3 is 0 Å². The second-order valence-corrected chi connectivity index (χ2v) is 11.1. The Hall–Kier alpha value is -2.86. The largest absolute Gasteiger partial charge is 0.494 e.